The van der Waals surface area contributed by atoms with Crippen LogP contribution in [0, 0.1) is 10.8 Å². The van der Waals surface area contributed by atoms with Crippen molar-refractivity contribution >= 4 is 28.7 Å². The molecule has 0 spiro atoms. The molecule has 21 heavy (non-hydrogen) atoms. The van der Waals surface area contributed by atoms with Crippen LogP contribution in [-0.2, 0) is 9.59 Å². The first kappa shape index (κ1) is 14.9. The van der Waals surface area contributed by atoms with E-state index in [1.165, 1.54) is 11.8 Å². The van der Waals surface area contributed by atoms with E-state index in [1.807, 2.05) is 0 Å². The molecule has 2 atom stereocenters. The average Bonchev–Trinajstić information content (AvgIpc) is 2.93. The molecule has 0 aromatic heterocycles. The molecule has 116 valence electrons. The number of carbonyl (C=O) groups is 2. The molecule has 1 N–H and O–H groups in total. The van der Waals surface area contributed by atoms with E-state index in [0.29, 0.717) is 18.3 Å². The SMILES string of the molecule is CC1(C)CC2CC(C)(CN2C(=O)C(=O)NC2=NCCS2)C1. The van der Waals surface area contributed by atoms with Crippen molar-refractivity contribution in [2.24, 2.45) is 15.8 Å². The third-order valence-electron chi connectivity index (χ3n) is 4.68. The molecule has 2 amide bonds. The second-order valence-electron chi connectivity index (χ2n) is 7.64. The Kier molecular flexibility index (Phi) is 3.55. The second-order valence-corrected chi connectivity index (χ2v) is 8.72. The van der Waals surface area contributed by atoms with Gasteiger partial charge in [-0.3, -0.25) is 19.9 Å². The molecule has 2 heterocycles. The minimum atomic E-state index is -0.530. The molecule has 1 saturated carbocycles. The Labute approximate surface area is 129 Å². The van der Waals surface area contributed by atoms with Crippen LogP contribution in [0.25, 0.3) is 0 Å². The third kappa shape index (κ3) is 2.96. The summed E-state index contributed by atoms with van der Waals surface area (Å²) in [6, 6.07) is 0.204. The molecule has 0 radical (unpaired) electrons. The largest absolute Gasteiger partial charge is 0.331 e. The van der Waals surface area contributed by atoms with Crippen LogP contribution in [0.5, 0.6) is 0 Å². The number of aliphatic imine (C=N–C) groups is 1. The molecule has 0 aromatic carbocycles. The van der Waals surface area contributed by atoms with E-state index in [-0.39, 0.29) is 16.9 Å². The highest BCUT2D eigenvalue weighted by Crippen LogP contribution is 2.52. The van der Waals surface area contributed by atoms with E-state index < -0.39 is 11.8 Å². The normalized spacial score (nSPS) is 33.8. The number of amides is 2. The number of thioether (sulfide) groups is 1. The van der Waals surface area contributed by atoms with Crippen molar-refractivity contribution in [1.29, 1.82) is 0 Å². The first-order chi connectivity index (χ1) is 9.78. The van der Waals surface area contributed by atoms with Gasteiger partial charge in [0.1, 0.15) is 0 Å². The van der Waals surface area contributed by atoms with E-state index >= 15 is 0 Å². The highest BCUT2D eigenvalue weighted by atomic mass is 32.2. The first-order valence-electron chi connectivity index (χ1n) is 7.57. The number of fused-ring (bicyclic) bond motifs is 2. The van der Waals surface area contributed by atoms with Crippen molar-refractivity contribution < 1.29 is 9.59 Å². The Morgan fingerprint density at radius 2 is 2.10 bits per heavy atom. The van der Waals surface area contributed by atoms with Gasteiger partial charge in [0.15, 0.2) is 5.17 Å². The van der Waals surface area contributed by atoms with Gasteiger partial charge in [-0.25, -0.2) is 0 Å². The molecular weight excluding hydrogens is 286 g/mol. The predicted molar refractivity (Wildman–Crippen MR) is 84.1 cm³/mol. The molecule has 1 aliphatic carbocycles. The van der Waals surface area contributed by atoms with Gasteiger partial charge in [0.05, 0.1) is 6.54 Å². The van der Waals surface area contributed by atoms with Gasteiger partial charge in [0, 0.05) is 18.3 Å². The monoisotopic (exact) mass is 309 g/mol. The Balaban J connectivity index is 1.69. The Morgan fingerprint density at radius 3 is 2.76 bits per heavy atom. The minimum Gasteiger partial charge on any atom is -0.331 e. The van der Waals surface area contributed by atoms with Gasteiger partial charge in [-0.05, 0) is 30.1 Å². The van der Waals surface area contributed by atoms with E-state index in [4.69, 9.17) is 0 Å². The van der Waals surface area contributed by atoms with Crippen LogP contribution in [-0.4, -0.2) is 46.8 Å². The summed E-state index contributed by atoms with van der Waals surface area (Å²) in [6.07, 6.45) is 3.12. The van der Waals surface area contributed by atoms with E-state index in [9.17, 15) is 9.59 Å². The quantitative estimate of drug-likeness (QED) is 0.692. The zero-order valence-corrected chi connectivity index (χ0v) is 13.8. The molecular formula is C15H23N3O2S. The molecule has 2 fully saturated rings. The lowest BCUT2D eigenvalue weighted by atomic mass is 9.65. The zero-order valence-electron chi connectivity index (χ0n) is 12.9. The van der Waals surface area contributed by atoms with Crippen molar-refractivity contribution in [3.05, 3.63) is 0 Å². The number of hydrogen-bond acceptors (Lipinski definition) is 4. The van der Waals surface area contributed by atoms with Gasteiger partial charge in [0.25, 0.3) is 0 Å². The molecule has 0 aromatic rings. The van der Waals surface area contributed by atoms with Crippen molar-refractivity contribution in [3.8, 4) is 0 Å². The molecule has 2 unspecified atom stereocenters. The van der Waals surface area contributed by atoms with Crippen molar-refractivity contribution in [2.75, 3.05) is 18.8 Å². The highest BCUT2D eigenvalue weighted by Gasteiger charge is 2.51. The van der Waals surface area contributed by atoms with Crippen molar-refractivity contribution in [3.63, 3.8) is 0 Å². The summed E-state index contributed by atoms with van der Waals surface area (Å²) in [6.45, 7) is 8.17. The van der Waals surface area contributed by atoms with E-state index in [0.717, 1.165) is 25.0 Å². The zero-order chi connectivity index (χ0) is 15.3. The number of nitrogens with zero attached hydrogens (tertiary/aromatic N) is 2. The maximum absolute atomic E-state index is 12.5. The fourth-order valence-electron chi connectivity index (χ4n) is 4.39. The lowest BCUT2D eigenvalue weighted by Gasteiger charge is -2.39. The van der Waals surface area contributed by atoms with Crippen LogP contribution in [0.15, 0.2) is 4.99 Å². The van der Waals surface area contributed by atoms with Gasteiger partial charge in [-0.1, -0.05) is 32.5 Å². The fourth-order valence-corrected chi connectivity index (χ4v) is 5.11. The van der Waals surface area contributed by atoms with Crippen LogP contribution >= 0.6 is 11.8 Å². The highest BCUT2D eigenvalue weighted by molar-refractivity contribution is 8.14. The van der Waals surface area contributed by atoms with Gasteiger partial charge >= 0.3 is 11.8 Å². The van der Waals surface area contributed by atoms with Gasteiger partial charge in [0.2, 0.25) is 0 Å². The Morgan fingerprint density at radius 1 is 1.33 bits per heavy atom. The number of rotatable bonds is 0. The van der Waals surface area contributed by atoms with Gasteiger partial charge < -0.3 is 4.90 Å². The number of amidine groups is 1. The Bertz CT molecular complexity index is 517. The summed E-state index contributed by atoms with van der Waals surface area (Å²) in [5.74, 6) is -0.0451. The van der Waals surface area contributed by atoms with Crippen LogP contribution in [0.1, 0.15) is 40.0 Å². The smallest absolute Gasteiger partial charge is 0.315 e. The third-order valence-corrected chi connectivity index (χ3v) is 5.57. The molecule has 2 aliphatic heterocycles. The first-order valence-corrected chi connectivity index (χ1v) is 8.56. The summed E-state index contributed by atoms with van der Waals surface area (Å²) >= 11 is 1.50. The van der Waals surface area contributed by atoms with E-state index in [1.54, 1.807) is 4.90 Å². The van der Waals surface area contributed by atoms with Crippen molar-refractivity contribution in [1.82, 2.24) is 10.2 Å². The summed E-state index contributed by atoms with van der Waals surface area (Å²) in [4.78, 5) is 30.6. The summed E-state index contributed by atoms with van der Waals surface area (Å²) < 4.78 is 0. The lowest BCUT2D eigenvalue weighted by molar-refractivity contribution is -0.145. The molecule has 1 saturated heterocycles. The lowest BCUT2D eigenvalue weighted by Crippen LogP contribution is -2.46. The Hall–Kier alpha value is -1.04. The van der Waals surface area contributed by atoms with Crippen molar-refractivity contribution in [2.45, 2.75) is 46.1 Å². The number of hydrogen-bond donors (Lipinski definition) is 1. The molecule has 6 heteroatoms. The molecule has 3 rings (SSSR count). The van der Waals surface area contributed by atoms with Crippen LogP contribution in [0.3, 0.4) is 0 Å². The van der Waals surface area contributed by atoms with Crippen LogP contribution in [0.4, 0.5) is 0 Å². The predicted octanol–water partition coefficient (Wildman–Crippen LogP) is 1.63. The number of nitrogens with one attached hydrogen (secondary N) is 1. The number of likely N-dealkylation sites (tertiary alicyclic amines) is 1. The maximum Gasteiger partial charge on any atom is 0.315 e. The second kappa shape index (κ2) is 5.00. The topological polar surface area (TPSA) is 61.8 Å². The molecule has 5 nitrogen and oxygen atoms in total. The summed E-state index contributed by atoms with van der Waals surface area (Å²) in [7, 11) is 0. The molecule has 3 aliphatic rings. The van der Waals surface area contributed by atoms with Crippen LogP contribution < -0.4 is 5.32 Å². The standard InChI is InChI=1S/C15H23N3O2S/c1-14(2)6-10-7-15(3,8-14)9-18(10)12(20)11(19)17-13-16-4-5-21-13/h10H,4-9H2,1-3H3,(H,16,17,19). The van der Waals surface area contributed by atoms with E-state index in [2.05, 4.69) is 31.1 Å². The molecule has 2 bridgehead atoms. The van der Waals surface area contributed by atoms with Gasteiger partial charge in [-0.15, -0.1) is 0 Å². The summed E-state index contributed by atoms with van der Waals surface area (Å²) in [5, 5.41) is 3.24. The minimum absolute atomic E-state index is 0.155. The van der Waals surface area contributed by atoms with Gasteiger partial charge in [-0.2, -0.15) is 0 Å². The maximum atomic E-state index is 12.5. The number of carbonyl (C=O) groups excluding carboxylic acids is 2. The fraction of sp³-hybridized carbons (Fsp3) is 0.800. The average molecular weight is 309 g/mol. The van der Waals surface area contributed by atoms with Crippen LogP contribution in [0.2, 0.25) is 0 Å². The summed E-state index contributed by atoms with van der Waals surface area (Å²) in [5.41, 5.74) is 0.399.